The van der Waals surface area contributed by atoms with Crippen LogP contribution in [0.25, 0.3) is 33.0 Å². The second-order valence-corrected chi connectivity index (χ2v) is 8.92. The molecule has 3 heterocycles. The zero-order valence-electron chi connectivity index (χ0n) is 20.8. The molecule has 4 aromatic rings. The molecule has 2 aromatic carbocycles. The van der Waals surface area contributed by atoms with Crippen molar-refractivity contribution in [2.24, 2.45) is 10.7 Å². The van der Waals surface area contributed by atoms with Gasteiger partial charge < -0.3 is 20.6 Å². The summed E-state index contributed by atoms with van der Waals surface area (Å²) in [7, 11) is 0. The first-order valence-corrected chi connectivity index (χ1v) is 12.0. The minimum atomic E-state index is -0.788. The van der Waals surface area contributed by atoms with Crippen LogP contribution in [0.5, 0.6) is 0 Å². The van der Waals surface area contributed by atoms with Gasteiger partial charge in [-0.1, -0.05) is 23.6 Å². The number of hydrogen-bond acceptors (Lipinski definition) is 6. The van der Waals surface area contributed by atoms with Crippen molar-refractivity contribution in [2.75, 3.05) is 11.9 Å². The van der Waals surface area contributed by atoms with Gasteiger partial charge in [0.2, 0.25) is 5.91 Å². The molecule has 3 amide bonds. The van der Waals surface area contributed by atoms with Gasteiger partial charge in [-0.05, 0) is 30.7 Å². The number of aliphatic imine (C=N–C) groups is 1. The predicted molar refractivity (Wildman–Crippen MR) is 146 cm³/mol. The Hall–Kier alpha value is -5.46. The maximum atomic E-state index is 13.2. The first-order chi connectivity index (χ1) is 18.7. The molecule has 0 saturated carbocycles. The third-order valence-electron chi connectivity index (χ3n) is 6.31. The standard InChI is InChI=1S/C26H24N8O5/c1-14(35)30-15-7-8-21-17(11-15)19(13-33(21)10-4-9-28-26(27)32-34(38)39)23-22(24(36)31-25(23)37)18-12-29-20-6-3-2-5-16(18)20/h2-3,5-8,11-13,29H,4,9-10H2,1H3,(H,30,35)(H3,27,28,32)(H,31,36,37). The quantitative estimate of drug-likeness (QED) is 0.0578. The molecule has 0 atom stereocenters. The highest BCUT2D eigenvalue weighted by Gasteiger charge is 2.35. The summed E-state index contributed by atoms with van der Waals surface area (Å²) in [5, 5.41) is 16.4. The molecular formula is C26H24N8O5. The summed E-state index contributed by atoms with van der Waals surface area (Å²) in [5.74, 6) is -1.57. The summed E-state index contributed by atoms with van der Waals surface area (Å²) in [6.07, 6.45) is 3.98. The average molecular weight is 529 g/mol. The number of nitrogens with zero attached hydrogens (tertiary/aromatic N) is 3. The number of H-pyrrole nitrogens is 1. The van der Waals surface area contributed by atoms with Crippen LogP contribution in [-0.4, -0.2) is 44.8 Å². The largest absolute Gasteiger partial charge is 0.365 e. The van der Waals surface area contributed by atoms with Crippen LogP contribution in [0.15, 0.2) is 59.9 Å². The monoisotopic (exact) mass is 528 g/mol. The minimum Gasteiger partial charge on any atom is -0.365 e. The molecule has 5 rings (SSSR count). The topological polar surface area (TPSA) is 190 Å². The van der Waals surface area contributed by atoms with E-state index in [1.165, 1.54) is 6.92 Å². The molecule has 1 aliphatic heterocycles. The van der Waals surface area contributed by atoms with Crippen molar-refractivity contribution in [3.8, 4) is 0 Å². The number of rotatable bonds is 8. The zero-order chi connectivity index (χ0) is 27.7. The van der Waals surface area contributed by atoms with Crippen LogP contribution in [0.2, 0.25) is 0 Å². The number of carbonyl (C=O) groups excluding carboxylic acids is 3. The molecule has 1 aliphatic rings. The van der Waals surface area contributed by atoms with Gasteiger partial charge in [-0.15, -0.1) is 0 Å². The van der Waals surface area contributed by atoms with Gasteiger partial charge in [-0.2, -0.15) is 0 Å². The number of carbonyl (C=O) groups is 3. The van der Waals surface area contributed by atoms with E-state index in [1.54, 1.807) is 30.0 Å². The number of nitrogens with two attached hydrogens (primary N) is 1. The molecule has 0 saturated heterocycles. The van der Waals surface area contributed by atoms with Crippen molar-refractivity contribution in [3.05, 3.63) is 76.1 Å². The highest BCUT2D eigenvalue weighted by atomic mass is 16.7. The maximum absolute atomic E-state index is 13.2. The lowest BCUT2D eigenvalue weighted by Gasteiger charge is -2.06. The molecule has 198 valence electrons. The van der Waals surface area contributed by atoms with Gasteiger partial charge in [0.15, 0.2) is 5.03 Å². The van der Waals surface area contributed by atoms with Crippen LogP contribution in [0.1, 0.15) is 24.5 Å². The Bertz CT molecular complexity index is 1730. The summed E-state index contributed by atoms with van der Waals surface area (Å²) in [6.45, 7) is 2.06. The summed E-state index contributed by atoms with van der Waals surface area (Å²) in [6, 6.07) is 12.8. The summed E-state index contributed by atoms with van der Waals surface area (Å²) >= 11 is 0. The lowest BCUT2D eigenvalue weighted by atomic mass is 9.95. The van der Waals surface area contributed by atoms with Crippen LogP contribution in [0, 0.1) is 10.1 Å². The van der Waals surface area contributed by atoms with Gasteiger partial charge in [-0.3, -0.25) is 19.7 Å². The molecule has 6 N–H and O–H groups in total. The van der Waals surface area contributed by atoms with Gasteiger partial charge >= 0.3 is 0 Å². The summed E-state index contributed by atoms with van der Waals surface area (Å²) < 4.78 is 1.91. The smallest absolute Gasteiger partial charge is 0.259 e. The fourth-order valence-electron chi connectivity index (χ4n) is 4.78. The number of hydrogen-bond donors (Lipinski definition) is 5. The van der Waals surface area contributed by atoms with Crippen molar-refractivity contribution >= 4 is 62.3 Å². The first-order valence-electron chi connectivity index (χ1n) is 12.0. The molecule has 0 radical (unpaired) electrons. The number of aromatic amines is 1. The number of hydrazine groups is 1. The molecule has 13 nitrogen and oxygen atoms in total. The normalized spacial score (nSPS) is 13.8. The minimum absolute atomic E-state index is 0.216. The number of nitrogens with one attached hydrogen (secondary N) is 4. The molecule has 2 aromatic heterocycles. The van der Waals surface area contributed by atoms with Gasteiger partial charge in [0, 0.05) is 71.0 Å². The molecule has 0 spiro atoms. The molecule has 13 heteroatoms. The fourth-order valence-corrected chi connectivity index (χ4v) is 4.78. The SMILES string of the molecule is CC(=O)Nc1ccc2c(c1)c(C1=C(c3c[nH]c4ccccc34)C(=O)NC1=O)cn2CCCN=C(N)N[N+](=O)[O-]. The van der Waals surface area contributed by atoms with Gasteiger partial charge in [-0.25, -0.2) is 15.1 Å². The number of benzene rings is 2. The number of fused-ring (bicyclic) bond motifs is 2. The Labute approximate surface area is 220 Å². The van der Waals surface area contributed by atoms with Crippen LogP contribution in [0.4, 0.5) is 5.69 Å². The fraction of sp³-hybridized carbons (Fsp3) is 0.154. The Morgan fingerprint density at radius 3 is 2.59 bits per heavy atom. The number of imide groups is 1. The molecule has 0 fully saturated rings. The van der Waals surface area contributed by atoms with Crippen molar-refractivity contribution < 1.29 is 19.4 Å². The lowest BCUT2D eigenvalue weighted by molar-refractivity contribution is -0.525. The maximum Gasteiger partial charge on any atom is 0.259 e. The highest BCUT2D eigenvalue weighted by Crippen LogP contribution is 2.39. The number of nitro groups is 1. The number of amides is 3. The van der Waals surface area contributed by atoms with Crippen molar-refractivity contribution in [1.29, 1.82) is 0 Å². The zero-order valence-corrected chi connectivity index (χ0v) is 20.8. The second-order valence-electron chi connectivity index (χ2n) is 8.92. The van der Waals surface area contributed by atoms with Crippen LogP contribution >= 0.6 is 0 Å². The van der Waals surface area contributed by atoms with E-state index in [4.69, 9.17) is 5.73 Å². The molecule has 0 unspecified atom stereocenters. The number of para-hydroxylation sites is 1. The van der Waals surface area contributed by atoms with Gasteiger partial charge in [0.25, 0.3) is 17.8 Å². The van der Waals surface area contributed by atoms with Crippen LogP contribution in [0.3, 0.4) is 0 Å². The van der Waals surface area contributed by atoms with E-state index < -0.39 is 16.8 Å². The highest BCUT2D eigenvalue weighted by molar-refractivity contribution is 6.50. The van der Waals surface area contributed by atoms with E-state index in [1.807, 2.05) is 34.9 Å². The number of aromatic nitrogens is 2. The second kappa shape index (κ2) is 10.1. The molecule has 0 bridgehead atoms. The summed E-state index contributed by atoms with van der Waals surface area (Å²) in [4.78, 5) is 55.6. The first kappa shape index (κ1) is 25.2. The van der Waals surface area contributed by atoms with E-state index in [9.17, 15) is 24.5 Å². The molecule has 39 heavy (non-hydrogen) atoms. The average Bonchev–Trinajstić information content (AvgIpc) is 3.53. The molecular weight excluding hydrogens is 504 g/mol. The Morgan fingerprint density at radius 1 is 1.10 bits per heavy atom. The number of aryl methyl sites for hydroxylation is 1. The summed E-state index contributed by atoms with van der Waals surface area (Å²) in [5.41, 5.74) is 11.0. The van der Waals surface area contributed by atoms with Crippen LogP contribution < -0.4 is 21.8 Å². The van der Waals surface area contributed by atoms with E-state index in [0.717, 1.165) is 16.4 Å². The van der Waals surface area contributed by atoms with Crippen molar-refractivity contribution in [3.63, 3.8) is 0 Å². The van der Waals surface area contributed by atoms with Gasteiger partial charge in [0.1, 0.15) is 0 Å². The van der Waals surface area contributed by atoms with Crippen molar-refractivity contribution in [1.82, 2.24) is 20.3 Å². The Kier molecular flexibility index (Phi) is 6.54. The van der Waals surface area contributed by atoms with Crippen molar-refractivity contribution in [2.45, 2.75) is 19.9 Å². The Balaban J connectivity index is 1.61. The predicted octanol–water partition coefficient (Wildman–Crippen LogP) is 2.13. The van der Waals surface area contributed by atoms with Gasteiger partial charge in [0.05, 0.1) is 11.1 Å². The van der Waals surface area contributed by atoms with Crippen LogP contribution in [-0.2, 0) is 20.9 Å². The van der Waals surface area contributed by atoms with E-state index >= 15 is 0 Å². The Morgan fingerprint density at radius 2 is 1.85 bits per heavy atom. The van der Waals surface area contributed by atoms with E-state index in [-0.39, 0.29) is 29.6 Å². The van der Waals surface area contributed by atoms with E-state index in [0.29, 0.717) is 35.2 Å². The molecule has 0 aliphatic carbocycles. The lowest BCUT2D eigenvalue weighted by Crippen LogP contribution is -2.36. The third-order valence-corrected chi connectivity index (χ3v) is 6.31. The number of guanidine groups is 1. The third kappa shape index (κ3) is 4.92. The van der Waals surface area contributed by atoms with E-state index in [2.05, 4.69) is 20.6 Å². The number of anilines is 1.